The van der Waals surface area contributed by atoms with Gasteiger partial charge < -0.3 is 15.4 Å². The predicted octanol–water partition coefficient (Wildman–Crippen LogP) is 2.74. The molecule has 0 aliphatic carbocycles. The number of anilines is 1. The van der Waals surface area contributed by atoms with Crippen LogP contribution < -0.4 is 10.6 Å². The van der Waals surface area contributed by atoms with E-state index in [1.165, 1.54) is 24.4 Å². The molecule has 25 heavy (non-hydrogen) atoms. The van der Waals surface area contributed by atoms with E-state index in [4.69, 9.17) is 10.00 Å². The van der Waals surface area contributed by atoms with E-state index in [0.717, 1.165) is 12.8 Å². The Hall–Kier alpha value is -2.92. The van der Waals surface area contributed by atoms with Gasteiger partial charge in [0.1, 0.15) is 11.6 Å². The lowest BCUT2D eigenvalue weighted by molar-refractivity contribution is -0.384. The van der Waals surface area contributed by atoms with Gasteiger partial charge >= 0.3 is 0 Å². The van der Waals surface area contributed by atoms with E-state index in [9.17, 15) is 14.9 Å². The van der Waals surface area contributed by atoms with E-state index in [1.807, 2.05) is 0 Å². The van der Waals surface area contributed by atoms with Crippen molar-refractivity contribution in [2.45, 2.75) is 26.2 Å². The van der Waals surface area contributed by atoms with Crippen LogP contribution in [0.15, 0.2) is 36.0 Å². The molecule has 1 amide bonds. The highest BCUT2D eigenvalue weighted by Gasteiger charge is 2.09. The molecule has 0 radical (unpaired) electrons. The van der Waals surface area contributed by atoms with E-state index in [2.05, 4.69) is 17.6 Å². The van der Waals surface area contributed by atoms with Crippen LogP contribution in [-0.4, -0.2) is 30.6 Å². The molecule has 134 valence electrons. The molecule has 8 nitrogen and oxygen atoms in total. The molecular weight excluding hydrogens is 324 g/mol. The summed E-state index contributed by atoms with van der Waals surface area (Å²) < 4.78 is 5.38. The highest BCUT2D eigenvalue weighted by Crippen LogP contribution is 2.17. The Morgan fingerprint density at radius 1 is 1.40 bits per heavy atom. The van der Waals surface area contributed by atoms with Crippen molar-refractivity contribution in [3.63, 3.8) is 0 Å². The van der Waals surface area contributed by atoms with Crippen LogP contribution >= 0.6 is 0 Å². The Kier molecular flexibility index (Phi) is 9.33. The van der Waals surface area contributed by atoms with Gasteiger partial charge in [-0.2, -0.15) is 5.26 Å². The van der Waals surface area contributed by atoms with Gasteiger partial charge in [-0.3, -0.25) is 14.9 Å². The minimum Gasteiger partial charge on any atom is -0.381 e. The van der Waals surface area contributed by atoms with Crippen LogP contribution in [0, 0.1) is 21.4 Å². The van der Waals surface area contributed by atoms with Gasteiger partial charge in [-0.05, 0) is 18.9 Å². The zero-order valence-corrected chi connectivity index (χ0v) is 14.2. The van der Waals surface area contributed by atoms with E-state index in [-0.39, 0.29) is 11.3 Å². The lowest BCUT2D eigenvalue weighted by Crippen LogP contribution is -2.26. The Morgan fingerprint density at radius 3 is 2.84 bits per heavy atom. The van der Waals surface area contributed by atoms with E-state index >= 15 is 0 Å². The van der Waals surface area contributed by atoms with Crippen molar-refractivity contribution in [1.29, 1.82) is 5.26 Å². The molecule has 0 aromatic heterocycles. The van der Waals surface area contributed by atoms with Crippen molar-refractivity contribution in [2.75, 3.05) is 25.1 Å². The molecule has 0 saturated carbocycles. The Morgan fingerprint density at radius 2 is 2.16 bits per heavy atom. The maximum Gasteiger partial charge on any atom is 0.271 e. The van der Waals surface area contributed by atoms with E-state index in [0.29, 0.717) is 31.9 Å². The van der Waals surface area contributed by atoms with Gasteiger partial charge in [0.2, 0.25) is 0 Å². The number of rotatable bonds is 11. The molecule has 0 bridgehead atoms. The number of carbonyl (C=O) groups is 1. The molecule has 2 N–H and O–H groups in total. The van der Waals surface area contributed by atoms with Crippen LogP contribution in [0.5, 0.6) is 0 Å². The van der Waals surface area contributed by atoms with Crippen LogP contribution in [0.4, 0.5) is 11.4 Å². The Bertz CT molecular complexity index is 652. The fourth-order valence-corrected chi connectivity index (χ4v) is 1.83. The summed E-state index contributed by atoms with van der Waals surface area (Å²) >= 11 is 0. The summed E-state index contributed by atoms with van der Waals surface area (Å²) in [5.74, 6) is -0.506. The molecule has 0 unspecified atom stereocenters. The Balaban J connectivity index is 2.45. The third-order valence-electron chi connectivity index (χ3n) is 3.20. The van der Waals surface area contributed by atoms with Crippen molar-refractivity contribution in [3.05, 3.63) is 46.2 Å². The molecule has 0 atom stereocenters. The topological polar surface area (TPSA) is 117 Å². The number of nitriles is 1. The highest BCUT2D eigenvalue weighted by molar-refractivity contribution is 5.97. The molecule has 0 heterocycles. The molecule has 8 heteroatoms. The maximum atomic E-state index is 11.9. The summed E-state index contributed by atoms with van der Waals surface area (Å²) in [5, 5.41) is 25.1. The van der Waals surface area contributed by atoms with Crippen LogP contribution in [0.25, 0.3) is 0 Å². The average molecular weight is 346 g/mol. The van der Waals surface area contributed by atoms with Gasteiger partial charge in [0, 0.05) is 43.8 Å². The number of nitro groups is 1. The van der Waals surface area contributed by atoms with E-state index in [1.54, 1.807) is 12.1 Å². The number of benzene rings is 1. The number of nitro benzene ring substituents is 1. The first-order valence-corrected chi connectivity index (χ1v) is 8.05. The summed E-state index contributed by atoms with van der Waals surface area (Å²) in [6.45, 7) is 3.75. The fourth-order valence-electron chi connectivity index (χ4n) is 1.83. The summed E-state index contributed by atoms with van der Waals surface area (Å²) in [6, 6.07) is 7.59. The number of amides is 1. The van der Waals surface area contributed by atoms with Gasteiger partial charge in [-0.25, -0.2) is 0 Å². The first-order valence-electron chi connectivity index (χ1n) is 8.05. The minimum absolute atomic E-state index is 0.0792. The molecular formula is C17H22N4O4. The quantitative estimate of drug-likeness (QED) is 0.209. The molecule has 0 fully saturated rings. The largest absolute Gasteiger partial charge is 0.381 e. The number of carbonyl (C=O) groups excluding carboxylic acids is 1. The van der Waals surface area contributed by atoms with Crippen molar-refractivity contribution >= 4 is 17.3 Å². The molecule has 1 aromatic rings. The van der Waals surface area contributed by atoms with Crippen LogP contribution in [0.3, 0.4) is 0 Å². The monoisotopic (exact) mass is 346 g/mol. The molecule has 0 saturated heterocycles. The second-order valence-corrected chi connectivity index (χ2v) is 5.20. The Labute approximate surface area is 146 Å². The smallest absolute Gasteiger partial charge is 0.271 e. The first kappa shape index (κ1) is 20.1. The van der Waals surface area contributed by atoms with Gasteiger partial charge in [0.15, 0.2) is 0 Å². The molecule has 1 rings (SSSR count). The normalized spacial score (nSPS) is 10.8. The lowest BCUT2D eigenvalue weighted by atomic mass is 10.2. The summed E-state index contributed by atoms with van der Waals surface area (Å²) in [6.07, 6.45) is 3.97. The zero-order chi connectivity index (χ0) is 18.5. The number of nitrogens with one attached hydrogen (secondary N) is 2. The number of hydrogen-bond acceptors (Lipinski definition) is 6. The standard InChI is InChI=1S/C17H22N4O4/c1-2-3-9-25-10-5-8-19-17(22)14(12-18)13-20-15-6-4-7-16(11-15)21(23)24/h4,6-7,11,13,20H,2-3,5,8-10H2,1H3,(H,19,22)/b14-13-. The van der Waals surface area contributed by atoms with Crippen molar-refractivity contribution in [1.82, 2.24) is 5.32 Å². The lowest BCUT2D eigenvalue weighted by Gasteiger charge is -2.06. The second kappa shape index (κ2) is 11.6. The summed E-state index contributed by atoms with van der Waals surface area (Å²) in [5.41, 5.74) is 0.224. The summed E-state index contributed by atoms with van der Waals surface area (Å²) in [7, 11) is 0. The minimum atomic E-state index is -0.518. The third-order valence-corrected chi connectivity index (χ3v) is 3.20. The van der Waals surface area contributed by atoms with E-state index < -0.39 is 10.8 Å². The van der Waals surface area contributed by atoms with Crippen molar-refractivity contribution in [2.24, 2.45) is 0 Å². The van der Waals surface area contributed by atoms with Crippen LogP contribution in [0.2, 0.25) is 0 Å². The van der Waals surface area contributed by atoms with Crippen molar-refractivity contribution < 1.29 is 14.5 Å². The first-order chi connectivity index (χ1) is 12.1. The highest BCUT2D eigenvalue weighted by atomic mass is 16.6. The number of non-ortho nitro benzene ring substituents is 1. The maximum absolute atomic E-state index is 11.9. The zero-order valence-electron chi connectivity index (χ0n) is 14.2. The molecule has 1 aromatic carbocycles. The molecule has 0 aliphatic heterocycles. The molecule has 0 spiro atoms. The van der Waals surface area contributed by atoms with Gasteiger partial charge in [0.25, 0.3) is 11.6 Å². The fraction of sp³-hybridized carbons (Fsp3) is 0.412. The van der Waals surface area contributed by atoms with Crippen molar-refractivity contribution in [3.8, 4) is 6.07 Å². The van der Waals surface area contributed by atoms with Gasteiger partial charge in [0.05, 0.1) is 4.92 Å². The third kappa shape index (κ3) is 7.94. The van der Waals surface area contributed by atoms with Gasteiger partial charge in [-0.1, -0.05) is 19.4 Å². The van der Waals surface area contributed by atoms with Gasteiger partial charge in [-0.15, -0.1) is 0 Å². The van der Waals surface area contributed by atoms with Crippen LogP contribution in [0.1, 0.15) is 26.2 Å². The number of ether oxygens (including phenoxy) is 1. The average Bonchev–Trinajstić information content (AvgIpc) is 2.61. The molecule has 0 aliphatic rings. The SMILES string of the molecule is CCCCOCCCNC(=O)/C(C#N)=C\Nc1cccc([N+](=O)[O-])c1. The number of hydrogen-bond donors (Lipinski definition) is 2. The summed E-state index contributed by atoms with van der Waals surface area (Å²) in [4.78, 5) is 22.1. The second-order valence-electron chi connectivity index (χ2n) is 5.20. The van der Waals surface area contributed by atoms with Crippen LogP contribution in [-0.2, 0) is 9.53 Å². The predicted molar refractivity (Wildman–Crippen MR) is 93.8 cm³/mol. The number of nitrogens with zero attached hydrogens (tertiary/aromatic N) is 2. The number of unbranched alkanes of at least 4 members (excludes halogenated alkanes) is 1.